The predicted molar refractivity (Wildman–Crippen MR) is 88.5 cm³/mol. The number of nitrogens with zero attached hydrogens (tertiary/aromatic N) is 2. The molecule has 3 rings (SSSR count). The van der Waals surface area contributed by atoms with Crippen LogP contribution in [0.1, 0.15) is 57.3 Å². The highest BCUT2D eigenvalue weighted by atomic mass is 35.5. The molecule has 3 nitrogen and oxygen atoms in total. The lowest BCUT2D eigenvalue weighted by Crippen LogP contribution is -2.26. The lowest BCUT2D eigenvalue weighted by atomic mass is 9.84. The summed E-state index contributed by atoms with van der Waals surface area (Å²) in [6.45, 7) is 3.16. The zero-order valence-corrected chi connectivity index (χ0v) is 13.4. The van der Waals surface area contributed by atoms with Gasteiger partial charge in [0.05, 0.1) is 17.1 Å². The van der Waals surface area contributed by atoms with Gasteiger partial charge in [0.25, 0.3) is 0 Å². The fourth-order valence-electron chi connectivity index (χ4n) is 3.54. The topological polar surface area (TPSA) is 43.8 Å². The molecule has 1 aliphatic rings. The van der Waals surface area contributed by atoms with Crippen molar-refractivity contribution in [2.45, 2.75) is 58.0 Å². The van der Waals surface area contributed by atoms with E-state index in [2.05, 4.69) is 17.6 Å². The molecule has 1 aromatic carbocycles. The summed E-state index contributed by atoms with van der Waals surface area (Å²) in [5.74, 6) is 1.61. The van der Waals surface area contributed by atoms with Crippen LogP contribution in [0, 0.1) is 5.92 Å². The smallest absolute Gasteiger partial charge is 0.127 e. The van der Waals surface area contributed by atoms with Crippen LogP contribution in [-0.2, 0) is 6.54 Å². The number of aryl methyl sites for hydroxylation is 1. The number of nitrogens with two attached hydrogens (primary N) is 1. The highest BCUT2D eigenvalue weighted by Gasteiger charge is 2.26. The minimum absolute atomic E-state index is 0.0445. The largest absolute Gasteiger partial charge is 0.327 e. The fraction of sp³-hybridized carbons (Fsp3) is 0.588. The highest BCUT2D eigenvalue weighted by molar-refractivity contribution is 6.31. The lowest BCUT2D eigenvalue weighted by Gasteiger charge is -2.27. The van der Waals surface area contributed by atoms with E-state index in [0.717, 1.165) is 34.8 Å². The quantitative estimate of drug-likeness (QED) is 0.891. The van der Waals surface area contributed by atoms with E-state index in [-0.39, 0.29) is 6.04 Å². The Balaban J connectivity index is 2.01. The Labute approximate surface area is 131 Å². The minimum atomic E-state index is 0.0445. The molecule has 1 fully saturated rings. The van der Waals surface area contributed by atoms with Crippen molar-refractivity contribution in [2.75, 3.05) is 0 Å². The predicted octanol–water partition coefficient (Wildman–Crippen LogP) is 4.68. The standard InChI is InChI=1S/C17H24ClN3/c1-2-10-21-15-9-8-13(18)11-14(15)20-17(21)16(19)12-6-4-3-5-7-12/h8-9,11-12,16H,2-7,10,19H2,1H3. The average molecular weight is 306 g/mol. The second kappa shape index (κ2) is 6.37. The van der Waals surface area contributed by atoms with Gasteiger partial charge in [0.1, 0.15) is 5.82 Å². The molecule has 1 heterocycles. The van der Waals surface area contributed by atoms with Gasteiger partial charge < -0.3 is 10.3 Å². The molecule has 1 unspecified atom stereocenters. The first-order chi connectivity index (χ1) is 10.2. The number of halogens is 1. The SMILES string of the molecule is CCCn1c(C(N)C2CCCCC2)nc2cc(Cl)ccc21. The van der Waals surface area contributed by atoms with Gasteiger partial charge in [0, 0.05) is 11.6 Å². The van der Waals surface area contributed by atoms with Crippen LogP contribution < -0.4 is 5.73 Å². The van der Waals surface area contributed by atoms with Crippen molar-refractivity contribution >= 4 is 22.6 Å². The Morgan fingerprint density at radius 2 is 2.10 bits per heavy atom. The lowest BCUT2D eigenvalue weighted by molar-refractivity contribution is 0.296. The first-order valence-electron chi connectivity index (χ1n) is 8.12. The first kappa shape index (κ1) is 14.9. The summed E-state index contributed by atoms with van der Waals surface area (Å²) in [5.41, 5.74) is 8.71. The zero-order valence-electron chi connectivity index (χ0n) is 12.7. The number of rotatable bonds is 4. The third-order valence-corrected chi connectivity index (χ3v) is 4.88. The molecule has 0 amide bonds. The second-order valence-corrected chi connectivity index (χ2v) is 6.61. The molecule has 1 atom stereocenters. The molecule has 0 radical (unpaired) electrons. The summed E-state index contributed by atoms with van der Waals surface area (Å²) >= 11 is 6.11. The molecule has 4 heteroatoms. The first-order valence-corrected chi connectivity index (χ1v) is 8.49. The Bertz CT molecular complexity index is 614. The second-order valence-electron chi connectivity index (χ2n) is 6.18. The Hall–Kier alpha value is -1.06. The highest BCUT2D eigenvalue weighted by Crippen LogP contribution is 2.34. The van der Waals surface area contributed by atoms with Crippen LogP contribution in [0.4, 0.5) is 0 Å². The molecule has 21 heavy (non-hydrogen) atoms. The Morgan fingerprint density at radius 1 is 1.33 bits per heavy atom. The van der Waals surface area contributed by atoms with Crippen molar-refractivity contribution < 1.29 is 0 Å². The Kier molecular flexibility index (Phi) is 4.51. The van der Waals surface area contributed by atoms with Gasteiger partial charge in [-0.05, 0) is 43.4 Å². The number of imidazole rings is 1. The Morgan fingerprint density at radius 3 is 2.81 bits per heavy atom. The van der Waals surface area contributed by atoms with Gasteiger partial charge in [-0.25, -0.2) is 4.98 Å². The average Bonchev–Trinajstić information content (AvgIpc) is 2.85. The number of fused-ring (bicyclic) bond motifs is 1. The van der Waals surface area contributed by atoms with Crippen molar-refractivity contribution in [3.8, 4) is 0 Å². The fourth-order valence-corrected chi connectivity index (χ4v) is 3.71. The molecule has 0 aliphatic heterocycles. The molecule has 0 spiro atoms. The van der Waals surface area contributed by atoms with E-state index < -0.39 is 0 Å². The molecule has 1 saturated carbocycles. The number of hydrogen-bond acceptors (Lipinski definition) is 2. The van der Waals surface area contributed by atoms with E-state index in [4.69, 9.17) is 22.3 Å². The van der Waals surface area contributed by atoms with Crippen LogP contribution in [0.3, 0.4) is 0 Å². The van der Waals surface area contributed by atoms with Crippen LogP contribution >= 0.6 is 11.6 Å². The van der Waals surface area contributed by atoms with E-state index in [0.29, 0.717) is 5.92 Å². The third kappa shape index (κ3) is 2.95. The van der Waals surface area contributed by atoms with E-state index in [1.54, 1.807) is 0 Å². The van der Waals surface area contributed by atoms with Crippen LogP contribution in [0.15, 0.2) is 18.2 Å². The molecule has 0 bridgehead atoms. The zero-order chi connectivity index (χ0) is 14.8. The summed E-state index contributed by atoms with van der Waals surface area (Å²) in [6, 6.07) is 5.99. The van der Waals surface area contributed by atoms with Crippen molar-refractivity contribution in [2.24, 2.45) is 11.7 Å². The molecule has 1 aromatic heterocycles. The summed E-state index contributed by atoms with van der Waals surface area (Å²) in [6.07, 6.45) is 7.51. The van der Waals surface area contributed by atoms with Crippen LogP contribution in [0.25, 0.3) is 11.0 Å². The molecule has 0 saturated heterocycles. The maximum atomic E-state index is 6.59. The summed E-state index contributed by atoms with van der Waals surface area (Å²) in [4.78, 5) is 4.82. The summed E-state index contributed by atoms with van der Waals surface area (Å²) < 4.78 is 2.30. The number of aromatic nitrogens is 2. The van der Waals surface area contributed by atoms with Gasteiger partial charge in [-0.2, -0.15) is 0 Å². The van der Waals surface area contributed by atoms with Gasteiger partial charge in [-0.1, -0.05) is 37.8 Å². The van der Waals surface area contributed by atoms with Gasteiger partial charge >= 0.3 is 0 Å². The van der Waals surface area contributed by atoms with E-state index in [1.807, 2.05) is 12.1 Å². The maximum absolute atomic E-state index is 6.59. The maximum Gasteiger partial charge on any atom is 0.127 e. The monoisotopic (exact) mass is 305 g/mol. The normalized spacial score (nSPS) is 18.2. The van der Waals surface area contributed by atoms with Crippen LogP contribution in [0.5, 0.6) is 0 Å². The van der Waals surface area contributed by atoms with Crippen molar-refractivity contribution in [3.05, 3.63) is 29.0 Å². The van der Waals surface area contributed by atoms with Gasteiger partial charge in [0.2, 0.25) is 0 Å². The molecular formula is C17H24ClN3. The van der Waals surface area contributed by atoms with E-state index in [1.165, 1.54) is 32.1 Å². The van der Waals surface area contributed by atoms with Crippen molar-refractivity contribution in [1.29, 1.82) is 0 Å². The molecule has 1 aliphatic carbocycles. The van der Waals surface area contributed by atoms with Crippen LogP contribution in [0.2, 0.25) is 5.02 Å². The van der Waals surface area contributed by atoms with Gasteiger partial charge in [0.15, 0.2) is 0 Å². The van der Waals surface area contributed by atoms with Gasteiger partial charge in [-0.3, -0.25) is 0 Å². The van der Waals surface area contributed by atoms with E-state index >= 15 is 0 Å². The van der Waals surface area contributed by atoms with Crippen molar-refractivity contribution in [1.82, 2.24) is 9.55 Å². The molecule has 2 N–H and O–H groups in total. The van der Waals surface area contributed by atoms with E-state index in [9.17, 15) is 0 Å². The number of hydrogen-bond donors (Lipinski definition) is 1. The number of benzene rings is 1. The molecule has 114 valence electrons. The third-order valence-electron chi connectivity index (χ3n) is 4.64. The summed E-state index contributed by atoms with van der Waals surface area (Å²) in [5, 5.41) is 0.737. The van der Waals surface area contributed by atoms with Crippen LogP contribution in [-0.4, -0.2) is 9.55 Å². The van der Waals surface area contributed by atoms with Crippen molar-refractivity contribution in [3.63, 3.8) is 0 Å². The van der Waals surface area contributed by atoms with Gasteiger partial charge in [-0.15, -0.1) is 0 Å². The summed E-state index contributed by atoms with van der Waals surface area (Å²) in [7, 11) is 0. The molecule has 2 aromatic rings. The minimum Gasteiger partial charge on any atom is -0.327 e. The molecular weight excluding hydrogens is 282 g/mol.